The minimum atomic E-state index is 0.376. The van der Waals surface area contributed by atoms with Crippen molar-refractivity contribution < 1.29 is 4.74 Å². The van der Waals surface area contributed by atoms with E-state index in [2.05, 4.69) is 31.5 Å². The Morgan fingerprint density at radius 3 is 2.38 bits per heavy atom. The van der Waals surface area contributed by atoms with Crippen molar-refractivity contribution in [3.05, 3.63) is 27.7 Å². The highest BCUT2D eigenvalue weighted by molar-refractivity contribution is 9.10. The van der Waals surface area contributed by atoms with Gasteiger partial charge in [0.1, 0.15) is 5.75 Å². The van der Waals surface area contributed by atoms with Crippen molar-refractivity contribution in [2.24, 2.45) is 7.05 Å². The average Bonchev–Trinajstić information content (AvgIpc) is 2.61. The summed E-state index contributed by atoms with van der Waals surface area (Å²) in [5.41, 5.74) is 2.23. The zero-order valence-corrected chi connectivity index (χ0v) is 10.8. The number of ether oxygens (including phenoxy) is 1. The minimum Gasteiger partial charge on any atom is -0.423 e. The quantitative estimate of drug-likeness (QED) is 0.849. The highest BCUT2D eigenvalue weighted by Crippen LogP contribution is 2.28. The lowest BCUT2D eigenvalue weighted by Crippen LogP contribution is -1.96. The van der Waals surface area contributed by atoms with Gasteiger partial charge in [-0.1, -0.05) is 21.0 Å². The first kappa shape index (κ1) is 11.1. The largest absolute Gasteiger partial charge is 0.423 e. The molecule has 0 saturated carbocycles. The molecule has 0 saturated heterocycles. The van der Waals surface area contributed by atoms with Crippen LogP contribution in [0, 0.1) is 13.8 Å². The first-order chi connectivity index (χ1) is 7.58. The first-order valence-electron chi connectivity index (χ1n) is 4.75. The molecule has 0 spiro atoms. The van der Waals surface area contributed by atoms with E-state index in [1.54, 1.807) is 7.05 Å². The number of benzene rings is 1. The molecule has 0 N–H and O–H groups in total. The average molecular weight is 283 g/mol. The fourth-order valence-electron chi connectivity index (χ4n) is 1.38. The van der Waals surface area contributed by atoms with Gasteiger partial charge < -0.3 is 4.74 Å². The predicted octanol–water partition coefficient (Wildman–Crippen LogP) is 2.38. The highest BCUT2D eigenvalue weighted by atomic mass is 79.9. The third-order valence-electron chi connectivity index (χ3n) is 2.20. The summed E-state index contributed by atoms with van der Waals surface area (Å²) in [5, 5.41) is 11.0. The second-order valence-electron chi connectivity index (χ2n) is 3.56. The van der Waals surface area contributed by atoms with Gasteiger partial charge >= 0.3 is 6.01 Å². The number of halogens is 1. The Morgan fingerprint density at radius 1 is 1.25 bits per heavy atom. The summed E-state index contributed by atoms with van der Waals surface area (Å²) in [6.07, 6.45) is 0. The molecule has 16 heavy (non-hydrogen) atoms. The van der Waals surface area contributed by atoms with Crippen LogP contribution in [0.5, 0.6) is 11.8 Å². The summed E-state index contributed by atoms with van der Waals surface area (Å²) in [7, 11) is 1.73. The van der Waals surface area contributed by atoms with Crippen molar-refractivity contribution in [3.63, 3.8) is 0 Å². The van der Waals surface area contributed by atoms with Crippen molar-refractivity contribution in [1.82, 2.24) is 20.2 Å². The van der Waals surface area contributed by atoms with Crippen LogP contribution in [0.15, 0.2) is 16.6 Å². The van der Waals surface area contributed by atoms with Crippen LogP contribution < -0.4 is 4.74 Å². The summed E-state index contributed by atoms with van der Waals surface area (Å²) in [5.74, 6) is 0.732. The van der Waals surface area contributed by atoms with Crippen LogP contribution in [0.1, 0.15) is 11.1 Å². The maximum atomic E-state index is 5.57. The molecule has 1 aromatic heterocycles. The number of aryl methyl sites for hydroxylation is 3. The lowest BCUT2D eigenvalue weighted by atomic mass is 10.1. The van der Waals surface area contributed by atoms with Gasteiger partial charge in [0, 0.05) is 11.5 Å². The Bertz CT molecular complexity index is 500. The Hall–Kier alpha value is -1.43. The van der Waals surface area contributed by atoms with Gasteiger partial charge in [0.25, 0.3) is 0 Å². The van der Waals surface area contributed by atoms with Gasteiger partial charge in [-0.05, 0) is 47.5 Å². The van der Waals surface area contributed by atoms with Gasteiger partial charge in [-0.25, -0.2) is 0 Å². The Labute approximate surface area is 102 Å². The summed E-state index contributed by atoms with van der Waals surface area (Å²) in [4.78, 5) is 0. The zero-order valence-electron chi connectivity index (χ0n) is 9.23. The number of aromatic nitrogens is 4. The van der Waals surface area contributed by atoms with E-state index in [0.29, 0.717) is 6.01 Å². The highest BCUT2D eigenvalue weighted by Gasteiger charge is 2.07. The number of hydrogen-bond acceptors (Lipinski definition) is 4. The normalized spacial score (nSPS) is 10.5. The molecule has 0 aliphatic rings. The number of rotatable bonds is 2. The van der Waals surface area contributed by atoms with E-state index < -0.39 is 0 Å². The zero-order chi connectivity index (χ0) is 11.7. The fourth-order valence-corrected chi connectivity index (χ4v) is 1.61. The van der Waals surface area contributed by atoms with Gasteiger partial charge in [-0.2, -0.15) is 4.68 Å². The Kier molecular flexibility index (Phi) is 2.91. The molecule has 0 unspecified atom stereocenters. The smallest absolute Gasteiger partial charge is 0.340 e. The molecule has 5 nitrogen and oxygen atoms in total. The van der Waals surface area contributed by atoms with Gasteiger partial charge in [-0.3, -0.25) is 0 Å². The van der Waals surface area contributed by atoms with Gasteiger partial charge in [0.2, 0.25) is 0 Å². The topological polar surface area (TPSA) is 52.8 Å². The van der Waals surface area contributed by atoms with Crippen molar-refractivity contribution in [3.8, 4) is 11.8 Å². The van der Waals surface area contributed by atoms with Crippen LogP contribution in [-0.4, -0.2) is 20.2 Å². The van der Waals surface area contributed by atoms with Crippen LogP contribution in [-0.2, 0) is 7.05 Å². The lowest BCUT2D eigenvalue weighted by molar-refractivity contribution is 0.414. The third-order valence-corrected chi connectivity index (χ3v) is 3.45. The molecule has 0 radical (unpaired) electrons. The summed E-state index contributed by atoms with van der Waals surface area (Å²) >= 11 is 3.50. The maximum Gasteiger partial charge on any atom is 0.340 e. The van der Waals surface area contributed by atoms with E-state index in [-0.39, 0.29) is 0 Å². The van der Waals surface area contributed by atoms with Gasteiger partial charge in [-0.15, -0.1) is 0 Å². The van der Waals surface area contributed by atoms with Crippen molar-refractivity contribution in [1.29, 1.82) is 0 Å². The van der Waals surface area contributed by atoms with Gasteiger partial charge in [0.15, 0.2) is 0 Å². The van der Waals surface area contributed by atoms with Crippen LogP contribution in [0.25, 0.3) is 0 Å². The van der Waals surface area contributed by atoms with Crippen LogP contribution >= 0.6 is 15.9 Å². The van der Waals surface area contributed by atoms with E-state index in [1.807, 2.05) is 26.0 Å². The molecule has 0 fully saturated rings. The van der Waals surface area contributed by atoms with E-state index in [0.717, 1.165) is 21.3 Å². The molecule has 0 aliphatic heterocycles. The Balaban J connectivity index is 2.33. The standard InChI is InChI=1S/C10H11BrN4O/c1-6-4-8(5-7(2)9(6)11)16-10-12-13-14-15(10)3/h4-5H,1-3H3. The minimum absolute atomic E-state index is 0.376. The van der Waals surface area contributed by atoms with E-state index in [1.165, 1.54) is 4.68 Å². The molecule has 0 atom stereocenters. The molecular formula is C10H11BrN4O. The number of nitrogens with zero attached hydrogens (tertiary/aromatic N) is 4. The second-order valence-corrected chi connectivity index (χ2v) is 4.35. The molecule has 0 bridgehead atoms. The SMILES string of the molecule is Cc1cc(Oc2nnnn2C)cc(C)c1Br. The molecule has 0 amide bonds. The monoisotopic (exact) mass is 282 g/mol. The number of tetrazole rings is 1. The molecule has 1 heterocycles. The van der Waals surface area contributed by atoms with Crippen LogP contribution in [0.2, 0.25) is 0 Å². The molecule has 6 heteroatoms. The first-order valence-corrected chi connectivity index (χ1v) is 5.54. The van der Waals surface area contributed by atoms with Crippen LogP contribution in [0.3, 0.4) is 0 Å². The van der Waals surface area contributed by atoms with Crippen LogP contribution in [0.4, 0.5) is 0 Å². The maximum absolute atomic E-state index is 5.57. The van der Waals surface area contributed by atoms with E-state index >= 15 is 0 Å². The molecule has 84 valence electrons. The molecule has 1 aromatic carbocycles. The lowest BCUT2D eigenvalue weighted by Gasteiger charge is -2.07. The van der Waals surface area contributed by atoms with Gasteiger partial charge in [0.05, 0.1) is 0 Å². The summed E-state index contributed by atoms with van der Waals surface area (Å²) < 4.78 is 8.14. The van der Waals surface area contributed by atoms with Crippen molar-refractivity contribution in [2.75, 3.05) is 0 Å². The van der Waals surface area contributed by atoms with Crippen molar-refractivity contribution in [2.45, 2.75) is 13.8 Å². The molecule has 0 aliphatic carbocycles. The molecular weight excluding hydrogens is 272 g/mol. The summed E-state index contributed by atoms with van der Waals surface area (Å²) in [6.45, 7) is 4.03. The predicted molar refractivity (Wildman–Crippen MR) is 62.5 cm³/mol. The third kappa shape index (κ3) is 2.06. The number of hydrogen-bond donors (Lipinski definition) is 0. The summed E-state index contributed by atoms with van der Waals surface area (Å²) in [6, 6.07) is 4.25. The van der Waals surface area contributed by atoms with Crippen molar-refractivity contribution >= 4 is 15.9 Å². The second kappa shape index (κ2) is 4.21. The molecule has 2 aromatic rings. The van der Waals surface area contributed by atoms with E-state index in [9.17, 15) is 0 Å². The Morgan fingerprint density at radius 2 is 1.88 bits per heavy atom. The fraction of sp³-hybridized carbons (Fsp3) is 0.300. The molecule has 2 rings (SSSR count). The van der Waals surface area contributed by atoms with E-state index in [4.69, 9.17) is 4.74 Å².